The van der Waals surface area contributed by atoms with Crippen molar-refractivity contribution in [2.24, 2.45) is 0 Å². The molecule has 0 saturated carbocycles. The molecule has 0 fully saturated rings. The summed E-state index contributed by atoms with van der Waals surface area (Å²) in [5, 5.41) is 20.1. The van der Waals surface area contributed by atoms with Crippen molar-refractivity contribution in [2.45, 2.75) is 0 Å². The molecule has 0 amide bonds. The van der Waals surface area contributed by atoms with Gasteiger partial charge in [-0.1, -0.05) is 0 Å². The van der Waals surface area contributed by atoms with E-state index in [1.165, 1.54) is 0 Å². The Hall–Kier alpha value is -2.48. The first-order chi connectivity index (χ1) is 8.93. The maximum atomic E-state index is 11.6. The third-order valence-corrected chi connectivity index (χ3v) is 2.52. The number of nitro benzene ring substituents is 1. The molecule has 0 bridgehead atoms. The number of aromatic nitrogens is 2. The van der Waals surface area contributed by atoms with Crippen molar-refractivity contribution in [2.75, 3.05) is 7.11 Å². The highest BCUT2D eigenvalue weighted by Crippen LogP contribution is 2.30. The molecular formula is C10H6ClN3O5. The molecule has 2 aromatic rings. The van der Waals surface area contributed by atoms with Crippen LogP contribution in [-0.4, -0.2) is 33.1 Å². The van der Waals surface area contributed by atoms with Crippen LogP contribution < -0.4 is 0 Å². The predicted octanol–water partition coefficient (Wildman–Crippen LogP) is 1.68. The minimum atomic E-state index is -0.831. The number of nitro groups is 1. The Balaban J connectivity index is 2.90. The van der Waals surface area contributed by atoms with Gasteiger partial charge in [0.15, 0.2) is 0 Å². The van der Waals surface area contributed by atoms with Crippen LogP contribution in [0.2, 0.25) is 5.28 Å². The summed E-state index contributed by atoms with van der Waals surface area (Å²) in [6.45, 7) is 0. The van der Waals surface area contributed by atoms with E-state index in [0.717, 1.165) is 19.2 Å². The largest absolute Gasteiger partial charge is 0.493 e. The Morgan fingerprint density at radius 1 is 1.47 bits per heavy atom. The number of hydrogen-bond donors (Lipinski definition) is 1. The summed E-state index contributed by atoms with van der Waals surface area (Å²) < 4.78 is 4.51. The van der Waals surface area contributed by atoms with E-state index in [9.17, 15) is 20.0 Å². The first-order valence-electron chi connectivity index (χ1n) is 4.87. The molecule has 0 aliphatic heterocycles. The second kappa shape index (κ2) is 4.65. The Morgan fingerprint density at radius 2 is 2.16 bits per heavy atom. The van der Waals surface area contributed by atoms with Crippen LogP contribution in [0.5, 0.6) is 5.88 Å². The number of carbonyl (C=O) groups is 1. The zero-order valence-corrected chi connectivity index (χ0v) is 10.2. The lowest BCUT2D eigenvalue weighted by Crippen LogP contribution is -2.05. The predicted molar refractivity (Wildman–Crippen MR) is 64.2 cm³/mol. The average Bonchev–Trinajstić information content (AvgIpc) is 2.36. The minimum absolute atomic E-state index is 0.0186. The average molecular weight is 284 g/mol. The molecule has 0 spiro atoms. The minimum Gasteiger partial charge on any atom is -0.493 e. The molecule has 98 valence electrons. The number of ether oxygens (including phenoxy) is 1. The van der Waals surface area contributed by atoms with Gasteiger partial charge < -0.3 is 9.84 Å². The van der Waals surface area contributed by atoms with Gasteiger partial charge in [0.25, 0.3) is 5.69 Å². The van der Waals surface area contributed by atoms with E-state index in [2.05, 4.69) is 14.7 Å². The van der Waals surface area contributed by atoms with Crippen LogP contribution in [0.1, 0.15) is 10.4 Å². The van der Waals surface area contributed by atoms with Crippen molar-refractivity contribution < 1.29 is 19.6 Å². The number of benzene rings is 1. The Kier molecular flexibility index (Phi) is 3.17. The van der Waals surface area contributed by atoms with Gasteiger partial charge in [-0.15, -0.1) is 0 Å². The zero-order chi connectivity index (χ0) is 14.2. The molecule has 0 saturated heterocycles. The molecule has 0 radical (unpaired) electrons. The second-order valence-corrected chi connectivity index (χ2v) is 3.79. The Bertz CT molecular complexity index is 703. The summed E-state index contributed by atoms with van der Waals surface area (Å²) in [5.41, 5.74) is -0.588. The first-order valence-corrected chi connectivity index (χ1v) is 5.24. The number of esters is 1. The van der Waals surface area contributed by atoms with Gasteiger partial charge in [0.1, 0.15) is 0 Å². The van der Waals surface area contributed by atoms with Crippen LogP contribution in [0.15, 0.2) is 12.1 Å². The SMILES string of the molecule is COC(=O)c1cc([N+](=O)[O-])cc2c(O)nc(Cl)nc12. The highest BCUT2D eigenvalue weighted by Gasteiger charge is 2.21. The molecule has 0 aliphatic carbocycles. The monoisotopic (exact) mass is 283 g/mol. The molecule has 19 heavy (non-hydrogen) atoms. The van der Waals surface area contributed by atoms with Crippen LogP contribution >= 0.6 is 11.6 Å². The fourth-order valence-electron chi connectivity index (χ4n) is 1.55. The lowest BCUT2D eigenvalue weighted by Gasteiger charge is -2.05. The van der Waals surface area contributed by atoms with Crippen LogP contribution in [0, 0.1) is 10.1 Å². The summed E-state index contributed by atoms with van der Waals surface area (Å²) >= 11 is 5.58. The highest BCUT2D eigenvalue weighted by molar-refractivity contribution is 6.28. The number of methoxy groups -OCH3 is 1. The fourth-order valence-corrected chi connectivity index (χ4v) is 1.71. The molecule has 2 rings (SSSR count). The van der Waals surface area contributed by atoms with E-state index < -0.39 is 22.5 Å². The fraction of sp³-hybridized carbons (Fsp3) is 0.100. The molecule has 1 aromatic carbocycles. The van der Waals surface area contributed by atoms with Crippen molar-refractivity contribution in [3.63, 3.8) is 0 Å². The number of hydrogen-bond acceptors (Lipinski definition) is 7. The third kappa shape index (κ3) is 2.25. The normalized spacial score (nSPS) is 10.4. The lowest BCUT2D eigenvalue weighted by atomic mass is 10.1. The van der Waals surface area contributed by atoms with Crippen molar-refractivity contribution in [1.82, 2.24) is 9.97 Å². The van der Waals surface area contributed by atoms with Gasteiger partial charge in [-0.2, -0.15) is 4.98 Å². The lowest BCUT2D eigenvalue weighted by molar-refractivity contribution is -0.384. The second-order valence-electron chi connectivity index (χ2n) is 3.45. The van der Waals surface area contributed by atoms with Crippen LogP contribution in [0.4, 0.5) is 5.69 Å². The smallest absolute Gasteiger partial charge is 0.340 e. The quantitative estimate of drug-likeness (QED) is 0.386. The van der Waals surface area contributed by atoms with Gasteiger partial charge in [0, 0.05) is 12.1 Å². The van der Waals surface area contributed by atoms with Crippen LogP contribution in [0.3, 0.4) is 0 Å². The van der Waals surface area contributed by atoms with E-state index in [0.29, 0.717) is 0 Å². The van der Waals surface area contributed by atoms with Crippen molar-refractivity contribution in [1.29, 1.82) is 0 Å². The van der Waals surface area contributed by atoms with Crippen molar-refractivity contribution in [3.05, 3.63) is 33.1 Å². The Labute approximate surface area is 110 Å². The van der Waals surface area contributed by atoms with Gasteiger partial charge in [-0.05, 0) is 11.6 Å². The number of nitrogens with zero attached hydrogens (tertiary/aromatic N) is 3. The number of rotatable bonds is 2. The van der Waals surface area contributed by atoms with Gasteiger partial charge in [-0.25, -0.2) is 9.78 Å². The maximum absolute atomic E-state index is 11.6. The molecule has 0 aliphatic rings. The van der Waals surface area contributed by atoms with Gasteiger partial charge >= 0.3 is 5.97 Å². The van der Waals surface area contributed by atoms with Crippen molar-refractivity contribution >= 4 is 34.2 Å². The summed E-state index contributed by atoms with van der Waals surface area (Å²) in [7, 11) is 1.12. The molecule has 1 heterocycles. The van der Waals surface area contributed by atoms with E-state index in [-0.39, 0.29) is 21.7 Å². The molecule has 9 heteroatoms. The van der Waals surface area contributed by atoms with E-state index in [1.54, 1.807) is 0 Å². The van der Waals surface area contributed by atoms with Crippen LogP contribution in [-0.2, 0) is 4.74 Å². The molecular weight excluding hydrogens is 278 g/mol. The molecule has 0 unspecified atom stereocenters. The van der Waals surface area contributed by atoms with Crippen LogP contribution in [0.25, 0.3) is 10.9 Å². The van der Waals surface area contributed by atoms with Gasteiger partial charge in [0.2, 0.25) is 11.2 Å². The highest BCUT2D eigenvalue weighted by atomic mass is 35.5. The zero-order valence-electron chi connectivity index (χ0n) is 9.45. The number of carbonyl (C=O) groups excluding carboxylic acids is 1. The number of fused-ring (bicyclic) bond motifs is 1. The molecule has 0 atom stereocenters. The van der Waals surface area contributed by atoms with E-state index >= 15 is 0 Å². The summed E-state index contributed by atoms with van der Waals surface area (Å²) in [6, 6.07) is 2.05. The Morgan fingerprint density at radius 3 is 2.74 bits per heavy atom. The van der Waals surface area contributed by atoms with E-state index in [4.69, 9.17) is 11.6 Å². The summed E-state index contributed by atoms with van der Waals surface area (Å²) in [6.07, 6.45) is 0. The topological polar surface area (TPSA) is 115 Å². The standard InChI is InChI=1S/C10H6ClN3O5/c1-19-9(16)6-3-4(14(17)18)2-5-7(6)12-10(11)13-8(5)15/h2-3H,1H3,(H,12,13,15). The summed E-state index contributed by atoms with van der Waals surface area (Å²) in [5.74, 6) is -1.38. The number of non-ortho nitro benzene ring substituents is 1. The number of halogens is 1. The molecule has 1 aromatic heterocycles. The van der Waals surface area contributed by atoms with Gasteiger partial charge in [0.05, 0.1) is 28.5 Å². The maximum Gasteiger partial charge on any atom is 0.340 e. The van der Waals surface area contributed by atoms with Gasteiger partial charge in [-0.3, -0.25) is 10.1 Å². The molecule has 1 N–H and O–H groups in total. The molecule has 8 nitrogen and oxygen atoms in total. The summed E-state index contributed by atoms with van der Waals surface area (Å²) in [4.78, 5) is 28.9. The third-order valence-electron chi connectivity index (χ3n) is 2.35. The number of aromatic hydroxyl groups is 1. The van der Waals surface area contributed by atoms with E-state index in [1.807, 2.05) is 0 Å². The first kappa shape index (κ1) is 13.0. The van der Waals surface area contributed by atoms with Crippen molar-refractivity contribution in [3.8, 4) is 5.88 Å².